The zero-order valence-electron chi connectivity index (χ0n) is 7.51. The maximum absolute atomic E-state index is 12.6. The molecule has 0 atom stereocenters. The van der Waals surface area contributed by atoms with E-state index in [0.29, 0.717) is 0 Å². The summed E-state index contributed by atoms with van der Waals surface area (Å²) in [7, 11) is 0. The van der Waals surface area contributed by atoms with Crippen LogP contribution in [0, 0.1) is 0 Å². The average Bonchev–Trinajstić information content (AvgIpc) is 2.85. The van der Waals surface area contributed by atoms with Crippen LogP contribution in [0.3, 0.4) is 0 Å². The Kier molecular flexibility index (Phi) is 2.50. The van der Waals surface area contributed by atoms with Crippen LogP contribution in [-0.4, -0.2) is 11.1 Å². The average molecular weight is 238 g/mol. The summed E-state index contributed by atoms with van der Waals surface area (Å²) in [5.41, 5.74) is -0.987. The molecule has 1 saturated carbocycles. The molecule has 0 N–H and O–H groups in total. The van der Waals surface area contributed by atoms with Crippen LogP contribution in [0.25, 0.3) is 0 Å². The molecular formula is C9H7ClF3NO. The van der Waals surface area contributed by atoms with E-state index in [1.54, 1.807) is 0 Å². The van der Waals surface area contributed by atoms with E-state index in [0.717, 1.165) is 12.8 Å². The number of aromatic nitrogens is 1. The van der Waals surface area contributed by atoms with E-state index in [2.05, 4.69) is 4.98 Å². The van der Waals surface area contributed by atoms with Gasteiger partial charge in [-0.1, -0.05) is 11.6 Å². The first-order chi connectivity index (χ1) is 6.98. The molecule has 0 amide bonds. The quantitative estimate of drug-likeness (QED) is 0.737. The molecule has 2 nitrogen and oxygen atoms in total. The van der Waals surface area contributed by atoms with Gasteiger partial charge in [-0.05, 0) is 18.9 Å². The molecule has 15 heavy (non-hydrogen) atoms. The predicted molar refractivity (Wildman–Crippen MR) is 47.9 cm³/mol. The van der Waals surface area contributed by atoms with Crippen molar-refractivity contribution in [1.29, 1.82) is 0 Å². The standard InChI is InChI=1S/C9H7ClF3NO/c10-8-7(9(11,12)13)6(3-4-14-8)15-5-1-2-5/h3-5H,1-2H2. The number of hydrogen-bond acceptors (Lipinski definition) is 2. The van der Waals surface area contributed by atoms with Gasteiger partial charge in [-0.2, -0.15) is 13.2 Å². The second-order valence-corrected chi connectivity index (χ2v) is 3.65. The molecule has 0 radical (unpaired) electrons. The summed E-state index contributed by atoms with van der Waals surface area (Å²) in [5.74, 6) is -0.231. The van der Waals surface area contributed by atoms with Crippen LogP contribution >= 0.6 is 11.6 Å². The molecule has 1 aliphatic carbocycles. The molecule has 0 saturated heterocycles. The van der Waals surface area contributed by atoms with Crippen LogP contribution in [0.5, 0.6) is 5.75 Å². The van der Waals surface area contributed by atoms with E-state index in [4.69, 9.17) is 16.3 Å². The number of halogens is 4. The molecule has 82 valence electrons. The lowest BCUT2D eigenvalue weighted by Crippen LogP contribution is -2.11. The first-order valence-corrected chi connectivity index (χ1v) is 4.74. The van der Waals surface area contributed by atoms with Crippen molar-refractivity contribution in [2.24, 2.45) is 0 Å². The van der Waals surface area contributed by atoms with E-state index in [-0.39, 0.29) is 11.9 Å². The molecular weight excluding hydrogens is 231 g/mol. The van der Waals surface area contributed by atoms with Crippen LogP contribution in [-0.2, 0) is 6.18 Å². The van der Waals surface area contributed by atoms with Crippen molar-refractivity contribution in [3.8, 4) is 5.75 Å². The van der Waals surface area contributed by atoms with Crippen molar-refractivity contribution < 1.29 is 17.9 Å². The van der Waals surface area contributed by atoms with E-state index < -0.39 is 16.9 Å². The summed E-state index contributed by atoms with van der Waals surface area (Å²) in [6, 6.07) is 1.19. The van der Waals surface area contributed by atoms with E-state index in [9.17, 15) is 13.2 Å². The third-order valence-electron chi connectivity index (χ3n) is 1.97. The van der Waals surface area contributed by atoms with Crippen molar-refractivity contribution >= 4 is 11.6 Å². The van der Waals surface area contributed by atoms with Gasteiger partial charge >= 0.3 is 6.18 Å². The first kappa shape index (κ1) is 10.5. The number of pyridine rings is 1. The van der Waals surface area contributed by atoms with Gasteiger partial charge in [-0.3, -0.25) is 0 Å². The summed E-state index contributed by atoms with van der Waals surface area (Å²) < 4.78 is 42.8. The first-order valence-electron chi connectivity index (χ1n) is 4.37. The SMILES string of the molecule is FC(F)(F)c1c(OC2CC2)ccnc1Cl. The molecule has 0 aromatic carbocycles. The lowest BCUT2D eigenvalue weighted by atomic mass is 10.2. The number of hydrogen-bond donors (Lipinski definition) is 0. The molecule has 0 bridgehead atoms. The second-order valence-electron chi connectivity index (χ2n) is 3.29. The fraction of sp³-hybridized carbons (Fsp3) is 0.444. The highest BCUT2D eigenvalue weighted by molar-refractivity contribution is 6.30. The molecule has 1 fully saturated rings. The van der Waals surface area contributed by atoms with Gasteiger partial charge in [0.1, 0.15) is 16.5 Å². The normalized spacial score (nSPS) is 16.5. The molecule has 0 unspecified atom stereocenters. The fourth-order valence-electron chi connectivity index (χ4n) is 1.14. The Morgan fingerprint density at radius 2 is 2.07 bits per heavy atom. The highest BCUT2D eigenvalue weighted by Crippen LogP contribution is 2.41. The van der Waals surface area contributed by atoms with Crippen LogP contribution < -0.4 is 4.74 Å². The van der Waals surface area contributed by atoms with Gasteiger partial charge in [0.05, 0.1) is 6.10 Å². The topological polar surface area (TPSA) is 22.1 Å². The minimum absolute atomic E-state index is 0.107. The van der Waals surface area contributed by atoms with Gasteiger partial charge < -0.3 is 4.74 Å². The van der Waals surface area contributed by atoms with E-state index in [1.165, 1.54) is 12.3 Å². The highest BCUT2D eigenvalue weighted by atomic mass is 35.5. The summed E-state index contributed by atoms with van der Waals surface area (Å²) in [5, 5.41) is -0.569. The molecule has 0 aliphatic heterocycles. The molecule has 1 aromatic heterocycles. The lowest BCUT2D eigenvalue weighted by molar-refractivity contribution is -0.139. The summed E-state index contributed by atoms with van der Waals surface area (Å²) in [6.45, 7) is 0. The molecule has 1 aromatic rings. The van der Waals surface area contributed by atoms with Crippen LogP contribution in [0.1, 0.15) is 18.4 Å². The Morgan fingerprint density at radius 1 is 1.40 bits per heavy atom. The minimum atomic E-state index is -4.53. The smallest absolute Gasteiger partial charge is 0.422 e. The second kappa shape index (κ2) is 3.56. The maximum atomic E-state index is 12.6. The molecule has 0 spiro atoms. The highest BCUT2D eigenvalue weighted by Gasteiger charge is 2.39. The summed E-state index contributed by atoms with van der Waals surface area (Å²) in [6.07, 6.45) is -1.86. The van der Waals surface area contributed by atoms with Gasteiger partial charge in [-0.25, -0.2) is 4.98 Å². The lowest BCUT2D eigenvalue weighted by Gasteiger charge is -2.13. The van der Waals surface area contributed by atoms with Crippen molar-refractivity contribution in [3.63, 3.8) is 0 Å². The van der Waals surface area contributed by atoms with E-state index in [1.807, 2.05) is 0 Å². The van der Waals surface area contributed by atoms with E-state index >= 15 is 0 Å². The number of ether oxygens (including phenoxy) is 1. The monoisotopic (exact) mass is 237 g/mol. The molecule has 1 heterocycles. The van der Waals surface area contributed by atoms with Crippen molar-refractivity contribution in [1.82, 2.24) is 4.98 Å². The molecule has 2 rings (SSSR count). The van der Waals surface area contributed by atoms with Crippen LogP contribution in [0.2, 0.25) is 5.15 Å². The predicted octanol–water partition coefficient (Wildman–Crippen LogP) is 3.30. The maximum Gasteiger partial charge on any atom is 0.422 e. The molecule has 6 heteroatoms. The molecule has 1 aliphatic rings. The van der Waals surface area contributed by atoms with Crippen molar-refractivity contribution in [2.75, 3.05) is 0 Å². The van der Waals surface area contributed by atoms with Gasteiger partial charge in [0.15, 0.2) is 0 Å². The number of rotatable bonds is 2. The Bertz CT molecular complexity index is 376. The summed E-state index contributed by atoms with van der Waals surface area (Å²) in [4.78, 5) is 3.40. The van der Waals surface area contributed by atoms with Gasteiger partial charge in [0, 0.05) is 6.20 Å². The fourth-order valence-corrected chi connectivity index (χ4v) is 1.40. The van der Waals surface area contributed by atoms with Gasteiger partial charge in [-0.15, -0.1) is 0 Å². The third-order valence-corrected chi connectivity index (χ3v) is 2.25. The van der Waals surface area contributed by atoms with Gasteiger partial charge in [0.2, 0.25) is 0 Å². The minimum Gasteiger partial charge on any atom is -0.490 e. The van der Waals surface area contributed by atoms with Crippen molar-refractivity contribution in [2.45, 2.75) is 25.1 Å². The Labute approximate surface area is 89.0 Å². The van der Waals surface area contributed by atoms with Crippen molar-refractivity contribution in [3.05, 3.63) is 23.0 Å². The Hall–Kier alpha value is -0.970. The Morgan fingerprint density at radius 3 is 2.60 bits per heavy atom. The largest absolute Gasteiger partial charge is 0.490 e. The zero-order valence-corrected chi connectivity index (χ0v) is 8.27. The van der Waals surface area contributed by atoms with Crippen LogP contribution in [0.15, 0.2) is 12.3 Å². The number of alkyl halides is 3. The summed E-state index contributed by atoms with van der Waals surface area (Å²) >= 11 is 5.41. The zero-order chi connectivity index (χ0) is 11.1. The van der Waals surface area contributed by atoms with Gasteiger partial charge in [0.25, 0.3) is 0 Å². The number of nitrogens with zero attached hydrogens (tertiary/aromatic N) is 1. The Balaban J connectivity index is 2.38. The third kappa shape index (κ3) is 2.34. The van der Waals surface area contributed by atoms with Crippen LogP contribution in [0.4, 0.5) is 13.2 Å².